The fraction of sp³-hybridized carbons (Fsp3) is 0.400. The Kier molecular flexibility index (Phi) is 3.88. The van der Waals surface area contributed by atoms with Crippen molar-refractivity contribution in [3.05, 3.63) is 40.2 Å². The summed E-state index contributed by atoms with van der Waals surface area (Å²) in [7, 11) is 0. The van der Waals surface area contributed by atoms with Crippen molar-refractivity contribution >= 4 is 11.0 Å². The molecule has 4 atom stereocenters. The maximum Gasteiger partial charge on any atom is 0.336 e. The van der Waals surface area contributed by atoms with E-state index in [4.69, 9.17) is 13.9 Å². The number of benzene rings is 1. The summed E-state index contributed by atoms with van der Waals surface area (Å²) in [5.74, 6) is 0.314. The minimum atomic E-state index is -1.39. The highest BCUT2D eigenvalue weighted by Gasteiger charge is 2.39. The van der Waals surface area contributed by atoms with E-state index in [2.05, 4.69) is 0 Å². The number of aliphatic hydroxyl groups is 3. The van der Waals surface area contributed by atoms with Gasteiger partial charge < -0.3 is 29.2 Å². The van der Waals surface area contributed by atoms with E-state index < -0.39 is 30.2 Å². The van der Waals surface area contributed by atoms with Crippen molar-refractivity contribution in [1.29, 1.82) is 0 Å². The zero-order valence-electron chi connectivity index (χ0n) is 11.8. The molecule has 3 N–H and O–H groups in total. The highest BCUT2D eigenvalue weighted by atomic mass is 16.7. The molecule has 0 bridgehead atoms. The quantitative estimate of drug-likeness (QED) is 0.666. The molecule has 1 aromatic carbocycles. The molecular weight excluding hydrogens is 292 g/mol. The van der Waals surface area contributed by atoms with E-state index in [0.717, 1.165) is 10.9 Å². The number of hydrogen-bond acceptors (Lipinski definition) is 7. The van der Waals surface area contributed by atoms with Crippen LogP contribution in [0.1, 0.15) is 5.56 Å². The van der Waals surface area contributed by atoms with E-state index in [-0.39, 0.29) is 6.61 Å². The molecule has 1 aromatic heterocycles. The standard InChI is InChI=1S/C15H16O7/c1-7-4-12(17)22-11-5-8(2-3-9(7)11)21-15-14(19)13(18)10(16)6-20-15/h2-5,10,13-16,18-19H,6H2,1H3/t10-,13-,14+,15-/m0/s1. The normalized spacial score (nSPS) is 28.7. The van der Waals surface area contributed by atoms with Gasteiger partial charge in [-0.1, -0.05) is 0 Å². The second-order valence-electron chi connectivity index (χ2n) is 5.27. The van der Waals surface area contributed by atoms with Gasteiger partial charge in [-0.3, -0.25) is 0 Å². The average Bonchev–Trinajstić information content (AvgIpc) is 2.47. The minimum absolute atomic E-state index is 0.148. The monoisotopic (exact) mass is 308 g/mol. The number of hydrogen-bond donors (Lipinski definition) is 3. The van der Waals surface area contributed by atoms with Crippen molar-refractivity contribution in [3.8, 4) is 5.75 Å². The smallest absolute Gasteiger partial charge is 0.336 e. The molecule has 7 heteroatoms. The zero-order chi connectivity index (χ0) is 15.9. The van der Waals surface area contributed by atoms with Crippen LogP contribution in [0.5, 0.6) is 5.75 Å². The highest BCUT2D eigenvalue weighted by Crippen LogP contribution is 2.25. The third-order valence-corrected chi connectivity index (χ3v) is 3.63. The fourth-order valence-corrected chi connectivity index (χ4v) is 2.40. The molecule has 118 valence electrons. The van der Waals surface area contributed by atoms with Gasteiger partial charge in [0, 0.05) is 17.5 Å². The molecule has 0 aliphatic carbocycles. The molecule has 1 fully saturated rings. The molecule has 1 aliphatic heterocycles. The van der Waals surface area contributed by atoms with Crippen molar-refractivity contribution in [2.75, 3.05) is 6.61 Å². The second-order valence-corrected chi connectivity index (χ2v) is 5.27. The van der Waals surface area contributed by atoms with Gasteiger partial charge in [0.25, 0.3) is 0 Å². The third-order valence-electron chi connectivity index (χ3n) is 3.63. The molecule has 3 rings (SSSR count). The summed E-state index contributed by atoms with van der Waals surface area (Å²) in [4.78, 5) is 11.4. The van der Waals surface area contributed by atoms with E-state index in [1.807, 2.05) is 0 Å². The molecule has 0 amide bonds. The van der Waals surface area contributed by atoms with Crippen LogP contribution < -0.4 is 10.4 Å². The Hall–Kier alpha value is -1.93. The summed E-state index contributed by atoms with van der Waals surface area (Å²) >= 11 is 0. The topological polar surface area (TPSA) is 109 Å². The van der Waals surface area contributed by atoms with E-state index in [1.165, 1.54) is 12.1 Å². The number of aryl methyl sites for hydroxylation is 1. The molecule has 0 radical (unpaired) electrons. The molecule has 0 unspecified atom stereocenters. The lowest BCUT2D eigenvalue weighted by atomic mass is 10.1. The number of rotatable bonds is 2. The molecular formula is C15H16O7. The molecule has 2 heterocycles. The molecule has 2 aromatic rings. The first-order valence-electron chi connectivity index (χ1n) is 6.82. The molecule has 0 saturated carbocycles. The van der Waals surface area contributed by atoms with Crippen LogP contribution in [0.3, 0.4) is 0 Å². The summed E-state index contributed by atoms with van der Waals surface area (Å²) in [6, 6.07) is 6.28. The molecule has 1 aliphatic rings. The highest BCUT2D eigenvalue weighted by molar-refractivity contribution is 5.81. The Labute approximate surface area is 125 Å². The maximum atomic E-state index is 11.4. The van der Waals surface area contributed by atoms with Crippen molar-refractivity contribution in [1.82, 2.24) is 0 Å². The van der Waals surface area contributed by atoms with Gasteiger partial charge in [0.2, 0.25) is 6.29 Å². The lowest BCUT2D eigenvalue weighted by Gasteiger charge is -2.34. The predicted octanol–water partition coefficient (Wildman–Crippen LogP) is -0.0808. The van der Waals surface area contributed by atoms with Crippen LogP contribution in [-0.2, 0) is 4.74 Å². The van der Waals surface area contributed by atoms with Crippen molar-refractivity contribution in [2.45, 2.75) is 31.5 Å². The Balaban J connectivity index is 1.87. The summed E-state index contributed by atoms with van der Waals surface area (Å²) < 4.78 is 15.7. The average molecular weight is 308 g/mol. The Morgan fingerprint density at radius 1 is 1.18 bits per heavy atom. The van der Waals surface area contributed by atoms with Gasteiger partial charge in [-0.25, -0.2) is 4.79 Å². The van der Waals surface area contributed by atoms with Crippen LogP contribution >= 0.6 is 0 Å². The lowest BCUT2D eigenvalue weighted by molar-refractivity contribution is -0.242. The third kappa shape index (κ3) is 2.71. The van der Waals surface area contributed by atoms with Crippen LogP contribution in [0.25, 0.3) is 11.0 Å². The van der Waals surface area contributed by atoms with Gasteiger partial charge in [0.15, 0.2) is 0 Å². The van der Waals surface area contributed by atoms with Gasteiger partial charge >= 0.3 is 5.63 Å². The van der Waals surface area contributed by atoms with Crippen molar-refractivity contribution in [2.24, 2.45) is 0 Å². The van der Waals surface area contributed by atoms with E-state index in [9.17, 15) is 20.1 Å². The summed E-state index contributed by atoms with van der Waals surface area (Å²) in [5.41, 5.74) is 0.674. The van der Waals surface area contributed by atoms with E-state index in [1.54, 1.807) is 19.1 Å². The summed E-state index contributed by atoms with van der Waals surface area (Å²) in [5, 5.41) is 29.6. The van der Waals surface area contributed by atoms with Crippen LogP contribution in [0.15, 0.2) is 33.5 Å². The number of aliphatic hydroxyl groups excluding tert-OH is 3. The van der Waals surface area contributed by atoms with Crippen LogP contribution in [-0.4, -0.2) is 46.5 Å². The summed E-state index contributed by atoms with van der Waals surface area (Å²) in [6.45, 7) is 1.65. The van der Waals surface area contributed by atoms with Gasteiger partial charge in [0.05, 0.1) is 6.61 Å². The molecule has 7 nitrogen and oxygen atoms in total. The first-order valence-corrected chi connectivity index (χ1v) is 6.82. The Morgan fingerprint density at radius 2 is 1.95 bits per heavy atom. The molecule has 0 spiro atoms. The van der Waals surface area contributed by atoms with Crippen LogP contribution in [0.4, 0.5) is 0 Å². The fourth-order valence-electron chi connectivity index (χ4n) is 2.40. The van der Waals surface area contributed by atoms with E-state index in [0.29, 0.717) is 11.3 Å². The SMILES string of the molecule is Cc1cc(=O)oc2cc(O[C@@H]3OC[C@H](O)[C@H](O)[C@H]3O)ccc12. The van der Waals surface area contributed by atoms with E-state index >= 15 is 0 Å². The maximum absolute atomic E-state index is 11.4. The van der Waals surface area contributed by atoms with Crippen molar-refractivity contribution in [3.63, 3.8) is 0 Å². The lowest BCUT2D eigenvalue weighted by Crippen LogP contribution is -2.54. The molecule has 22 heavy (non-hydrogen) atoms. The Morgan fingerprint density at radius 3 is 2.73 bits per heavy atom. The van der Waals surface area contributed by atoms with Gasteiger partial charge in [-0.05, 0) is 24.6 Å². The minimum Gasteiger partial charge on any atom is -0.462 e. The number of ether oxygens (including phenoxy) is 2. The van der Waals surface area contributed by atoms with Gasteiger partial charge in [0.1, 0.15) is 29.6 Å². The Bertz CT molecular complexity index is 738. The number of fused-ring (bicyclic) bond motifs is 1. The van der Waals surface area contributed by atoms with Gasteiger partial charge in [-0.15, -0.1) is 0 Å². The molecule has 1 saturated heterocycles. The van der Waals surface area contributed by atoms with Crippen LogP contribution in [0, 0.1) is 6.92 Å². The van der Waals surface area contributed by atoms with Gasteiger partial charge in [-0.2, -0.15) is 0 Å². The van der Waals surface area contributed by atoms with Crippen molar-refractivity contribution < 1.29 is 29.2 Å². The predicted molar refractivity (Wildman–Crippen MR) is 75.6 cm³/mol. The second kappa shape index (κ2) is 5.69. The van der Waals surface area contributed by atoms with Crippen LogP contribution in [0.2, 0.25) is 0 Å². The summed E-state index contributed by atoms with van der Waals surface area (Å²) in [6.07, 6.45) is -5.01. The first-order chi connectivity index (χ1) is 10.5. The zero-order valence-corrected chi connectivity index (χ0v) is 11.8. The first kappa shape index (κ1) is 15.0. The largest absolute Gasteiger partial charge is 0.462 e.